The van der Waals surface area contributed by atoms with E-state index in [0.717, 1.165) is 64.3 Å². The van der Waals surface area contributed by atoms with Crippen molar-refractivity contribution in [2.75, 3.05) is 56.2 Å². The summed E-state index contributed by atoms with van der Waals surface area (Å²) in [6.07, 6.45) is 2.06. The molecule has 1 amide bonds. The molecular weight excluding hydrogens is 464 g/mol. The highest BCUT2D eigenvalue weighted by Crippen LogP contribution is 2.32. The third kappa shape index (κ3) is 6.79. The topological polar surface area (TPSA) is 114 Å². The zero-order valence-electron chi connectivity index (χ0n) is 20.5. The van der Waals surface area contributed by atoms with Crippen molar-refractivity contribution >= 4 is 28.9 Å². The quantitative estimate of drug-likeness (QED) is 0.336. The van der Waals surface area contributed by atoms with Crippen molar-refractivity contribution in [1.82, 2.24) is 4.90 Å². The van der Waals surface area contributed by atoms with Crippen LogP contribution < -0.4 is 10.2 Å². The van der Waals surface area contributed by atoms with Gasteiger partial charge in [0.05, 0.1) is 23.7 Å². The van der Waals surface area contributed by atoms with Crippen LogP contribution in [0.5, 0.6) is 0 Å². The van der Waals surface area contributed by atoms with Crippen molar-refractivity contribution in [1.29, 1.82) is 0 Å². The molecule has 4 rings (SSSR count). The maximum atomic E-state index is 12.5. The standard InChI is InChI=1S/C26H32N4O6/c1-19-3-2-10-29(16-19)23-9-6-21(15-24(23)30(33)34)26(32)36-18-25(31)27-22-7-4-20(5-8-22)17-28-11-13-35-14-12-28/h4-9,15,19H,2-3,10-14,16-18H2,1H3,(H,27,31)/t19-/m0/s1. The number of hydrogen-bond donors (Lipinski definition) is 1. The average molecular weight is 497 g/mol. The molecule has 0 aromatic heterocycles. The van der Waals surface area contributed by atoms with Gasteiger partial charge in [0.25, 0.3) is 11.6 Å². The van der Waals surface area contributed by atoms with Gasteiger partial charge in [0, 0.05) is 44.5 Å². The number of piperidine rings is 1. The first kappa shape index (κ1) is 25.6. The summed E-state index contributed by atoms with van der Waals surface area (Å²) < 4.78 is 10.5. The van der Waals surface area contributed by atoms with Crippen LogP contribution in [0.1, 0.15) is 35.7 Å². The summed E-state index contributed by atoms with van der Waals surface area (Å²) >= 11 is 0. The molecule has 0 unspecified atom stereocenters. The number of morpholine rings is 1. The van der Waals surface area contributed by atoms with E-state index in [1.54, 1.807) is 18.2 Å². The summed E-state index contributed by atoms with van der Waals surface area (Å²) in [7, 11) is 0. The number of nitro benzene ring substituents is 1. The molecule has 10 heteroatoms. The molecular formula is C26H32N4O6. The van der Waals surface area contributed by atoms with Crippen molar-refractivity contribution in [3.05, 3.63) is 63.7 Å². The van der Waals surface area contributed by atoms with Gasteiger partial charge in [-0.1, -0.05) is 19.1 Å². The van der Waals surface area contributed by atoms with Gasteiger partial charge in [-0.05, 0) is 48.6 Å². The number of anilines is 2. The molecule has 2 aliphatic heterocycles. The minimum atomic E-state index is -0.785. The molecule has 192 valence electrons. The second-order valence-corrected chi connectivity index (χ2v) is 9.36. The number of esters is 1. The molecule has 0 spiro atoms. The zero-order valence-corrected chi connectivity index (χ0v) is 20.5. The third-order valence-corrected chi connectivity index (χ3v) is 6.49. The van der Waals surface area contributed by atoms with Crippen molar-refractivity contribution in [3.63, 3.8) is 0 Å². The van der Waals surface area contributed by atoms with E-state index in [0.29, 0.717) is 17.3 Å². The van der Waals surface area contributed by atoms with Crippen molar-refractivity contribution < 1.29 is 24.0 Å². The number of nitrogens with one attached hydrogen (secondary N) is 1. The van der Waals surface area contributed by atoms with Crippen molar-refractivity contribution in [2.24, 2.45) is 5.92 Å². The molecule has 1 N–H and O–H groups in total. The maximum Gasteiger partial charge on any atom is 0.338 e. The number of benzene rings is 2. The van der Waals surface area contributed by atoms with Gasteiger partial charge in [-0.2, -0.15) is 0 Å². The Hall–Kier alpha value is -3.50. The van der Waals surface area contributed by atoms with E-state index in [-0.39, 0.29) is 11.3 Å². The number of ether oxygens (including phenoxy) is 2. The van der Waals surface area contributed by atoms with Crippen LogP contribution in [0, 0.1) is 16.0 Å². The van der Waals surface area contributed by atoms with Crippen molar-refractivity contribution in [3.8, 4) is 0 Å². The number of hydrogen-bond acceptors (Lipinski definition) is 8. The molecule has 1 atom stereocenters. The van der Waals surface area contributed by atoms with Gasteiger partial charge in [-0.3, -0.25) is 19.8 Å². The highest BCUT2D eigenvalue weighted by molar-refractivity contribution is 5.96. The fourth-order valence-electron chi connectivity index (χ4n) is 4.59. The predicted molar refractivity (Wildman–Crippen MR) is 135 cm³/mol. The van der Waals surface area contributed by atoms with Crippen LogP contribution in [0.2, 0.25) is 0 Å². The molecule has 0 bridgehead atoms. The minimum absolute atomic E-state index is 0.0378. The largest absolute Gasteiger partial charge is 0.452 e. The third-order valence-electron chi connectivity index (χ3n) is 6.49. The number of nitrogens with zero attached hydrogens (tertiary/aromatic N) is 3. The molecule has 2 saturated heterocycles. The molecule has 10 nitrogen and oxygen atoms in total. The first-order chi connectivity index (χ1) is 17.4. The van der Waals surface area contributed by atoms with Crippen LogP contribution >= 0.6 is 0 Å². The zero-order chi connectivity index (χ0) is 25.5. The number of nitro groups is 1. The molecule has 0 aliphatic carbocycles. The van der Waals surface area contributed by atoms with Crippen LogP contribution in [0.15, 0.2) is 42.5 Å². The lowest BCUT2D eigenvalue weighted by molar-refractivity contribution is -0.384. The Morgan fingerprint density at radius 3 is 2.58 bits per heavy atom. The van der Waals surface area contributed by atoms with Gasteiger partial charge < -0.3 is 19.7 Å². The van der Waals surface area contributed by atoms with Gasteiger partial charge in [-0.25, -0.2) is 4.79 Å². The minimum Gasteiger partial charge on any atom is -0.452 e. The fraction of sp³-hybridized carbons (Fsp3) is 0.462. The molecule has 2 aromatic rings. The van der Waals surface area contributed by atoms with Crippen LogP contribution in [-0.2, 0) is 20.8 Å². The molecule has 0 radical (unpaired) electrons. The van der Waals surface area contributed by atoms with E-state index in [1.807, 2.05) is 17.0 Å². The summed E-state index contributed by atoms with van der Waals surface area (Å²) in [5.41, 5.74) is 2.12. The van der Waals surface area contributed by atoms with E-state index >= 15 is 0 Å². The Morgan fingerprint density at radius 1 is 1.14 bits per heavy atom. The van der Waals surface area contributed by atoms with Crippen LogP contribution in [0.25, 0.3) is 0 Å². The summed E-state index contributed by atoms with van der Waals surface area (Å²) in [4.78, 5) is 40.3. The lowest BCUT2D eigenvalue weighted by Gasteiger charge is -2.32. The number of amides is 1. The monoisotopic (exact) mass is 496 g/mol. The number of carbonyl (C=O) groups excluding carboxylic acids is 2. The molecule has 2 aliphatic rings. The Bertz CT molecular complexity index is 1080. The summed E-state index contributed by atoms with van der Waals surface area (Å²) in [5.74, 6) is -0.826. The lowest BCUT2D eigenvalue weighted by atomic mass is 9.99. The van der Waals surface area contributed by atoms with Crippen molar-refractivity contribution in [2.45, 2.75) is 26.3 Å². The first-order valence-electron chi connectivity index (χ1n) is 12.3. The SMILES string of the molecule is C[C@H]1CCCN(c2ccc(C(=O)OCC(=O)Nc3ccc(CN4CCOCC4)cc3)cc2[N+](=O)[O-])C1. The lowest BCUT2D eigenvalue weighted by Crippen LogP contribution is -2.35. The van der Waals surface area contributed by atoms with Gasteiger partial charge in [0.2, 0.25) is 0 Å². The van der Waals surface area contributed by atoms with E-state index in [4.69, 9.17) is 9.47 Å². The van der Waals surface area contributed by atoms with Gasteiger partial charge in [0.1, 0.15) is 5.69 Å². The Morgan fingerprint density at radius 2 is 1.89 bits per heavy atom. The number of rotatable bonds is 8. The van der Waals surface area contributed by atoms with E-state index in [1.165, 1.54) is 12.1 Å². The van der Waals surface area contributed by atoms with Gasteiger partial charge >= 0.3 is 5.97 Å². The molecule has 0 saturated carbocycles. The average Bonchev–Trinajstić information content (AvgIpc) is 2.88. The molecule has 2 aromatic carbocycles. The Balaban J connectivity index is 1.30. The summed E-state index contributed by atoms with van der Waals surface area (Å²) in [5, 5.41) is 14.4. The van der Waals surface area contributed by atoms with E-state index in [9.17, 15) is 19.7 Å². The summed E-state index contributed by atoms with van der Waals surface area (Å²) in [6.45, 7) is 7.19. The molecule has 36 heavy (non-hydrogen) atoms. The maximum absolute atomic E-state index is 12.5. The Kier molecular flexibility index (Phi) is 8.50. The Labute approximate surface area is 210 Å². The first-order valence-corrected chi connectivity index (χ1v) is 12.3. The second kappa shape index (κ2) is 12.0. The van der Waals surface area contributed by atoms with Crippen LogP contribution in [0.3, 0.4) is 0 Å². The van der Waals surface area contributed by atoms with Gasteiger partial charge in [-0.15, -0.1) is 0 Å². The molecule has 2 heterocycles. The smallest absolute Gasteiger partial charge is 0.338 e. The summed E-state index contributed by atoms with van der Waals surface area (Å²) in [6, 6.07) is 11.8. The van der Waals surface area contributed by atoms with Crippen LogP contribution in [-0.4, -0.2) is 67.7 Å². The van der Waals surface area contributed by atoms with Gasteiger partial charge in [0.15, 0.2) is 6.61 Å². The van der Waals surface area contributed by atoms with E-state index in [2.05, 4.69) is 17.1 Å². The second-order valence-electron chi connectivity index (χ2n) is 9.36. The highest BCUT2D eigenvalue weighted by atomic mass is 16.6. The normalized spacial score (nSPS) is 18.5. The van der Waals surface area contributed by atoms with Crippen LogP contribution in [0.4, 0.5) is 17.1 Å². The highest BCUT2D eigenvalue weighted by Gasteiger charge is 2.25. The fourth-order valence-corrected chi connectivity index (χ4v) is 4.59. The molecule has 2 fully saturated rings. The van der Waals surface area contributed by atoms with E-state index < -0.39 is 23.4 Å². The number of carbonyl (C=O) groups is 2. The predicted octanol–water partition coefficient (Wildman–Crippen LogP) is 3.46.